The molecular weight excluding hydrogens is 187 g/mol. The summed E-state index contributed by atoms with van der Waals surface area (Å²) in [5.74, 6) is 0. The highest BCUT2D eigenvalue weighted by Crippen LogP contribution is 2.83. The van der Waals surface area contributed by atoms with Crippen molar-refractivity contribution < 1.29 is 0 Å². The van der Waals surface area contributed by atoms with Gasteiger partial charge in [0.15, 0.2) is 0 Å². The lowest BCUT2D eigenvalue weighted by Crippen LogP contribution is -2.51. The summed E-state index contributed by atoms with van der Waals surface area (Å²) in [6, 6.07) is 0. The first kappa shape index (κ1) is 9.64. The lowest BCUT2D eigenvalue weighted by atomic mass is 9.82. The molecule has 0 aromatic carbocycles. The maximum absolute atomic E-state index is 2.50. The maximum Gasteiger partial charge on any atom is -0.0139 e. The van der Waals surface area contributed by atoms with E-state index in [0.29, 0.717) is 13.1 Å². The molecule has 0 aromatic rings. The normalized spacial score (nSPS) is 51.2. The van der Waals surface area contributed by atoms with Crippen LogP contribution in [-0.4, -0.2) is 16.5 Å². The van der Waals surface area contributed by atoms with Crippen LogP contribution in [0.1, 0.15) is 59.3 Å². The Labute approximate surface area is 89.6 Å². The topological polar surface area (TPSA) is 0 Å². The van der Waals surface area contributed by atoms with Crippen LogP contribution in [-0.2, 0) is 0 Å². The molecule has 0 bridgehead atoms. The van der Waals surface area contributed by atoms with Gasteiger partial charge in [-0.05, 0) is 47.6 Å². The van der Waals surface area contributed by atoms with Gasteiger partial charge in [-0.3, -0.25) is 0 Å². The monoisotopic (exact) mass is 210 g/mol. The highest BCUT2D eigenvalue weighted by molar-refractivity contribution is 7.62. The molecule has 0 N–H and O–H groups in total. The van der Waals surface area contributed by atoms with Gasteiger partial charge in [0.25, 0.3) is 0 Å². The highest BCUT2D eigenvalue weighted by atomic mass is 31.1. The molecule has 3 rings (SSSR count). The van der Waals surface area contributed by atoms with Crippen molar-refractivity contribution in [3.63, 3.8) is 0 Å². The molecule has 1 heteroatoms. The summed E-state index contributed by atoms with van der Waals surface area (Å²) in [5, 5.41) is 0.642. The van der Waals surface area contributed by atoms with E-state index >= 15 is 0 Å². The average molecular weight is 210 g/mol. The smallest absolute Gasteiger partial charge is 0.0139 e. The summed E-state index contributed by atoms with van der Waals surface area (Å²) in [5.41, 5.74) is 3.27. The van der Waals surface area contributed by atoms with E-state index in [-0.39, 0.29) is 0 Å². The van der Waals surface area contributed by atoms with Crippen LogP contribution >= 0.6 is 7.92 Å². The fraction of sp³-hybridized carbons (Fsp3) is 1.00. The number of hydrogen-bond donors (Lipinski definition) is 0. The third-order valence-corrected chi connectivity index (χ3v) is 9.45. The second-order valence-corrected chi connectivity index (χ2v) is 10.0. The minimum absolute atomic E-state index is 0.371. The quantitative estimate of drug-likeness (QED) is 0.521. The zero-order valence-electron chi connectivity index (χ0n) is 9.84. The van der Waals surface area contributed by atoms with E-state index < -0.39 is 0 Å². The highest BCUT2D eigenvalue weighted by Gasteiger charge is 2.66. The first-order chi connectivity index (χ1) is 6.56. The lowest BCUT2D eigenvalue weighted by Gasteiger charge is -2.61. The standard InChI is InChI=1S/C13H23P/c1-12(2,3)14-10-6-4-8-13(10)9-5-7-11(13)14/h10-11H,4-9H2,1-3H3. The molecule has 0 radical (unpaired) electrons. The van der Waals surface area contributed by atoms with Gasteiger partial charge in [-0.2, -0.15) is 0 Å². The van der Waals surface area contributed by atoms with Gasteiger partial charge in [-0.25, -0.2) is 0 Å². The van der Waals surface area contributed by atoms with Gasteiger partial charge in [-0.15, -0.1) is 0 Å². The van der Waals surface area contributed by atoms with Gasteiger partial charge in [0.2, 0.25) is 0 Å². The molecule has 1 heterocycles. The SMILES string of the molecule is CC(C)(C)P1C2CCCC23CCCC13. The molecule has 1 spiro atoms. The molecule has 2 unspecified atom stereocenters. The molecular formula is C13H23P. The van der Waals surface area contributed by atoms with Crippen molar-refractivity contribution in [2.45, 2.75) is 75.8 Å². The van der Waals surface area contributed by atoms with Crippen LogP contribution < -0.4 is 0 Å². The molecule has 14 heavy (non-hydrogen) atoms. The molecule has 3 aliphatic rings. The molecule has 3 fully saturated rings. The molecule has 2 atom stereocenters. The first-order valence-electron chi connectivity index (χ1n) is 6.34. The third kappa shape index (κ3) is 0.993. The zero-order chi connectivity index (χ0) is 9.97. The largest absolute Gasteiger partial charge is 0.0936 e. The van der Waals surface area contributed by atoms with Crippen molar-refractivity contribution in [1.82, 2.24) is 0 Å². The summed E-state index contributed by atoms with van der Waals surface area (Å²) in [6.45, 7) is 7.50. The Kier molecular flexibility index (Phi) is 1.90. The van der Waals surface area contributed by atoms with Gasteiger partial charge in [0, 0.05) is 0 Å². The predicted octanol–water partition coefficient (Wildman–Crippen LogP) is 4.37. The minimum Gasteiger partial charge on any atom is -0.0936 e. The summed E-state index contributed by atoms with van der Waals surface area (Å²) < 4.78 is 0. The van der Waals surface area contributed by atoms with Crippen LogP contribution in [0.15, 0.2) is 0 Å². The summed E-state index contributed by atoms with van der Waals surface area (Å²) in [6.07, 6.45) is 9.46. The van der Waals surface area contributed by atoms with Gasteiger partial charge in [0.1, 0.15) is 0 Å². The summed E-state index contributed by atoms with van der Waals surface area (Å²) in [7, 11) is 0.371. The van der Waals surface area contributed by atoms with E-state index in [9.17, 15) is 0 Å². The van der Waals surface area contributed by atoms with E-state index in [1.165, 1.54) is 11.3 Å². The molecule has 80 valence electrons. The Bertz CT molecular complexity index is 230. The van der Waals surface area contributed by atoms with Gasteiger partial charge >= 0.3 is 0 Å². The van der Waals surface area contributed by atoms with Crippen LogP contribution in [0.3, 0.4) is 0 Å². The average Bonchev–Trinajstić information content (AvgIpc) is 2.56. The van der Waals surface area contributed by atoms with Gasteiger partial charge in [-0.1, -0.05) is 41.5 Å². The number of rotatable bonds is 0. The molecule has 1 saturated heterocycles. The second kappa shape index (κ2) is 2.76. The van der Waals surface area contributed by atoms with Gasteiger partial charge < -0.3 is 0 Å². The molecule has 0 nitrogen and oxygen atoms in total. The van der Waals surface area contributed by atoms with Crippen LogP contribution in [0.2, 0.25) is 0 Å². The minimum atomic E-state index is 0.371. The van der Waals surface area contributed by atoms with Gasteiger partial charge in [0.05, 0.1) is 0 Å². The van der Waals surface area contributed by atoms with Crippen molar-refractivity contribution in [1.29, 1.82) is 0 Å². The Hall–Kier alpha value is 0.430. The molecule has 0 amide bonds. The molecule has 1 aliphatic heterocycles. The van der Waals surface area contributed by atoms with Crippen molar-refractivity contribution in [3.05, 3.63) is 0 Å². The summed E-state index contributed by atoms with van der Waals surface area (Å²) in [4.78, 5) is 0. The van der Waals surface area contributed by atoms with Crippen LogP contribution in [0.25, 0.3) is 0 Å². The van der Waals surface area contributed by atoms with E-state index in [0.717, 1.165) is 5.41 Å². The lowest BCUT2D eigenvalue weighted by molar-refractivity contribution is 0.277. The van der Waals surface area contributed by atoms with E-state index in [4.69, 9.17) is 0 Å². The summed E-state index contributed by atoms with van der Waals surface area (Å²) >= 11 is 0. The van der Waals surface area contributed by atoms with E-state index in [2.05, 4.69) is 20.8 Å². The Balaban J connectivity index is 1.91. The molecule has 2 aliphatic carbocycles. The first-order valence-corrected chi connectivity index (χ1v) is 7.82. The fourth-order valence-corrected chi connectivity index (χ4v) is 9.70. The van der Waals surface area contributed by atoms with E-state index in [1.54, 1.807) is 38.5 Å². The van der Waals surface area contributed by atoms with Crippen LogP contribution in [0.5, 0.6) is 0 Å². The van der Waals surface area contributed by atoms with Crippen molar-refractivity contribution in [3.8, 4) is 0 Å². The van der Waals surface area contributed by atoms with Crippen molar-refractivity contribution in [2.75, 3.05) is 0 Å². The second-order valence-electron chi connectivity index (χ2n) is 6.63. The van der Waals surface area contributed by atoms with E-state index in [1.807, 2.05) is 0 Å². The number of hydrogen-bond acceptors (Lipinski definition) is 0. The Morgan fingerprint density at radius 1 is 1.00 bits per heavy atom. The van der Waals surface area contributed by atoms with Crippen LogP contribution in [0.4, 0.5) is 0 Å². The molecule has 0 aromatic heterocycles. The zero-order valence-corrected chi connectivity index (χ0v) is 10.7. The third-order valence-electron chi connectivity index (χ3n) is 5.01. The molecule has 2 saturated carbocycles. The Morgan fingerprint density at radius 2 is 1.50 bits per heavy atom. The maximum atomic E-state index is 2.50. The van der Waals surface area contributed by atoms with Crippen LogP contribution in [0, 0.1) is 5.41 Å². The Morgan fingerprint density at radius 3 is 1.93 bits per heavy atom. The fourth-order valence-electron chi connectivity index (χ4n) is 4.74. The van der Waals surface area contributed by atoms with Crippen molar-refractivity contribution in [2.24, 2.45) is 5.41 Å². The predicted molar refractivity (Wildman–Crippen MR) is 64.4 cm³/mol. The van der Waals surface area contributed by atoms with Crippen molar-refractivity contribution >= 4 is 7.92 Å².